The Hall–Kier alpha value is -2.00. The molecule has 16 heteroatoms. The van der Waals surface area contributed by atoms with E-state index >= 15 is 0 Å². The molecule has 254 valence electrons. The Morgan fingerprint density at radius 1 is 0.911 bits per heavy atom. The molecule has 2 aromatic rings. The Balaban J connectivity index is 0.00000353. The third-order valence-electron chi connectivity index (χ3n) is 7.66. The van der Waals surface area contributed by atoms with Crippen LogP contribution in [0.15, 0.2) is 36.4 Å². The van der Waals surface area contributed by atoms with Crippen molar-refractivity contribution in [1.29, 1.82) is 0 Å². The molecule has 7 nitrogen and oxygen atoms in total. The molecule has 0 bridgehead atoms. The minimum atomic E-state index is -5.06. The molecule has 4 rings (SSSR count). The molecule has 2 heterocycles. The van der Waals surface area contributed by atoms with Crippen molar-refractivity contribution in [3.05, 3.63) is 63.7 Å². The molecule has 2 aromatic carbocycles. The third-order valence-corrected chi connectivity index (χ3v) is 7.97. The van der Waals surface area contributed by atoms with E-state index in [9.17, 15) is 31.1 Å². The van der Waals surface area contributed by atoms with E-state index in [2.05, 4.69) is 9.80 Å². The monoisotopic (exact) mass is 709 g/mol. The summed E-state index contributed by atoms with van der Waals surface area (Å²) in [7, 11) is 3.07. The normalized spacial score (nSPS) is 19.9. The number of morpholine rings is 1. The molecule has 0 unspecified atom stereocenters. The first-order valence-corrected chi connectivity index (χ1v) is 14.1. The van der Waals surface area contributed by atoms with Crippen molar-refractivity contribution >= 4 is 42.3 Å². The van der Waals surface area contributed by atoms with Crippen LogP contribution < -0.4 is 4.74 Å². The molecule has 45 heavy (non-hydrogen) atoms. The van der Waals surface area contributed by atoms with Gasteiger partial charge in [0.25, 0.3) is 5.91 Å². The van der Waals surface area contributed by atoms with E-state index in [1.54, 1.807) is 25.3 Å². The fourth-order valence-corrected chi connectivity index (χ4v) is 5.66. The highest BCUT2D eigenvalue weighted by Crippen LogP contribution is 2.37. The highest BCUT2D eigenvalue weighted by molar-refractivity contribution is 6.32. The van der Waals surface area contributed by atoms with Crippen LogP contribution in [0.1, 0.15) is 27.0 Å². The lowest BCUT2D eigenvalue weighted by molar-refractivity contribution is -0.143. The number of hydrogen-bond acceptors (Lipinski definition) is 6. The maximum absolute atomic E-state index is 13.6. The average Bonchev–Trinajstić information content (AvgIpc) is 2.96. The summed E-state index contributed by atoms with van der Waals surface area (Å²) in [6.07, 6.45) is -9.87. The van der Waals surface area contributed by atoms with Crippen LogP contribution in [0.25, 0.3) is 0 Å². The standard InChI is InChI=1S/C29H34ClF6N3O4.2ClH/c1-41-18-24-17-38(9-10-43-24)6-5-37-7-8-39(23(16-37)11-19-3-4-25(30)26(12-19)42-2)27(40)20-13-21(28(31,32)33)15-22(14-20)29(34,35)36;;/h3-4,12-15,23-24H,5-11,16-18H2,1-2H3;2*1H/t23-,24+;;/m1../s1. The number of nitrogens with zero attached hydrogens (tertiary/aromatic N) is 3. The van der Waals surface area contributed by atoms with Crippen LogP contribution in [0, 0.1) is 0 Å². The molecule has 0 aromatic heterocycles. The number of benzene rings is 2. The van der Waals surface area contributed by atoms with Crippen LogP contribution in [0.5, 0.6) is 5.75 Å². The molecular weight excluding hydrogens is 675 g/mol. The lowest BCUT2D eigenvalue weighted by Gasteiger charge is -2.43. The van der Waals surface area contributed by atoms with Crippen LogP contribution in [0.2, 0.25) is 5.02 Å². The summed E-state index contributed by atoms with van der Waals surface area (Å²) in [5.74, 6) is -0.479. The van der Waals surface area contributed by atoms with E-state index in [-0.39, 0.29) is 49.9 Å². The van der Waals surface area contributed by atoms with Crippen LogP contribution in [0.4, 0.5) is 26.3 Å². The van der Waals surface area contributed by atoms with Crippen molar-refractivity contribution in [2.75, 3.05) is 73.2 Å². The Kier molecular flexibility index (Phi) is 14.5. The highest BCUT2D eigenvalue weighted by Gasteiger charge is 2.39. The smallest absolute Gasteiger partial charge is 0.416 e. The van der Waals surface area contributed by atoms with Crippen LogP contribution in [0.3, 0.4) is 0 Å². The summed E-state index contributed by atoms with van der Waals surface area (Å²) >= 11 is 6.17. The van der Waals surface area contributed by atoms with Crippen molar-refractivity contribution in [3.8, 4) is 5.75 Å². The first-order valence-electron chi connectivity index (χ1n) is 13.8. The van der Waals surface area contributed by atoms with Crippen LogP contribution in [-0.2, 0) is 28.2 Å². The van der Waals surface area contributed by atoms with Crippen molar-refractivity contribution in [3.63, 3.8) is 0 Å². The van der Waals surface area contributed by atoms with Crippen molar-refractivity contribution in [2.24, 2.45) is 0 Å². The summed E-state index contributed by atoms with van der Waals surface area (Å²) < 4.78 is 97.4. The van der Waals surface area contributed by atoms with Crippen molar-refractivity contribution in [2.45, 2.75) is 30.9 Å². The number of methoxy groups -OCH3 is 2. The SMILES string of the molecule is COC[C@@H]1CN(CCN2CCN(C(=O)c3cc(C(F)(F)F)cc(C(F)(F)F)c3)[C@H](Cc3ccc(Cl)c(OC)c3)C2)CCO1.Cl.Cl. The van der Waals surface area contributed by atoms with Gasteiger partial charge in [0.1, 0.15) is 5.75 Å². The number of amides is 1. The topological polar surface area (TPSA) is 54.5 Å². The van der Waals surface area contributed by atoms with Gasteiger partial charge in [-0.3, -0.25) is 14.6 Å². The molecule has 0 radical (unpaired) electrons. The lowest BCUT2D eigenvalue weighted by Crippen LogP contribution is -2.57. The molecule has 0 saturated carbocycles. The van der Waals surface area contributed by atoms with Gasteiger partial charge in [-0.25, -0.2) is 0 Å². The quantitative estimate of drug-likeness (QED) is 0.301. The Morgan fingerprint density at radius 3 is 2.11 bits per heavy atom. The molecule has 2 fully saturated rings. The Labute approximate surface area is 275 Å². The van der Waals surface area contributed by atoms with E-state index in [0.717, 1.165) is 18.7 Å². The summed E-state index contributed by atoms with van der Waals surface area (Å²) in [4.78, 5) is 19.4. The number of halogens is 9. The molecule has 0 aliphatic carbocycles. The fraction of sp³-hybridized carbons (Fsp3) is 0.552. The van der Waals surface area contributed by atoms with Gasteiger partial charge in [-0.1, -0.05) is 17.7 Å². The van der Waals surface area contributed by atoms with E-state index < -0.39 is 41.0 Å². The van der Waals surface area contributed by atoms with Gasteiger partial charge >= 0.3 is 12.4 Å². The van der Waals surface area contributed by atoms with E-state index in [1.165, 1.54) is 12.0 Å². The second kappa shape index (κ2) is 16.7. The van der Waals surface area contributed by atoms with Gasteiger partial charge in [-0.05, 0) is 42.3 Å². The second-order valence-electron chi connectivity index (χ2n) is 10.7. The molecular formula is C29H36Cl3F6N3O4. The predicted molar refractivity (Wildman–Crippen MR) is 162 cm³/mol. The number of piperazine rings is 1. The molecule has 2 atom stereocenters. The van der Waals surface area contributed by atoms with Gasteiger partial charge in [0.15, 0.2) is 0 Å². The largest absolute Gasteiger partial charge is 0.495 e. The summed E-state index contributed by atoms with van der Waals surface area (Å²) in [6, 6.07) is 5.56. The number of carbonyl (C=O) groups excluding carboxylic acids is 1. The molecule has 0 spiro atoms. The number of hydrogen-bond donors (Lipinski definition) is 0. The van der Waals surface area contributed by atoms with Gasteiger partial charge in [0.05, 0.1) is 42.6 Å². The predicted octanol–water partition coefficient (Wildman–Crippen LogP) is 5.95. The van der Waals surface area contributed by atoms with E-state index in [4.69, 9.17) is 25.8 Å². The number of ether oxygens (including phenoxy) is 3. The van der Waals surface area contributed by atoms with Crippen LogP contribution >= 0.6 is 36.4 Å². The van der Waals surface area contributed by atoms with Gasteiger partial charge in [-0.15, -0.1) is 24.8 Å². The minimum Gasteiger partial charge on any atom is -0.495 e. The van der Waals surface area contributed by atoms with Gasteiger partial charge < -0.3 is 19.1 Å². The summed E-state index contributed by atoms with van der Waals surface area (Å²) in [5, 5.41) is 0.380. The fourth-order valence-electron chi connectivity index (χ4n) is 5.47. The third kappa shape index (κ3) is 10.5. The van der Waals surface area contributed by atoms with Crippen molar-refractivity contribution in [1.82, 2.24) is 14.7 Å². The highest BCUT2D eigenvalue weighted by atomic mass is 35.5. The zero-order chi connectivity index (χ0) is 31.4. The molecule has 0 N–H and O–H groups in total. The first kappa shape index (κ1) is 39.2. The van der Waals surface area contributed by atoms with Crippen LogP contribution in [-0.4, -0.2) is 106 Å². The van der Waals surface area contributed by atoms with Gasteiger partial charge in [0, 0.05) is 64.5 Å². The summed E-state index contributed by atoms with van der Waals surface area (Å²) in [6.45, 7) is 4.80. The van der Waals surface area contributed by atoms with E-state index in [0.29, 0.717) is 62.3 Å². The number of alkyl halides is 6. The Bertz CT molecular complexity index is 1240. The molecule has 2 saturated heterocycles. The second-order valence-corrected chi connectivity index (χ2v) is 11.1. The van der Waals surface area contributed by atoms with Gasteiger partial charge in [0.2, 0.25) is 0 Å². The number of carbonyl (C=O) groups is 1. The maximum Gasteiger partial charge on any atom is 0.416 e. The zero-order valence-corrected chi connectivity index (χ0v) is 27.0. The van der Waals surface area contributed by atoms with E-state index in [1.807, 2.05) is 0 Å². The average molecular weight is 711 g/mol. The lowest BCUT2D eigenvalue weighted by atomic mass is 9.99. The maximum atomic E-state index is 13.6. The molecule has 2 aliphatic heterocycles. The number of rotatable bonds is 9. The van der Waals surface area contributed by atoms with Gasteiger partial charge in [-0.2, -0.15) is 26.3 Å². The molecule has 2 aliphatic rings. The Morgan fingerprint density at radius 2 is 1.53 bits per heavy atom. The molecule has 1 amide bonds. The summed E-state index contributed by atoms with van der Waals surface area (Å²) in [5.41, 5.74) is -2.96. The first-order chi connectivity index (χ1) is 20.3. The zero-order valence-electron chi connectivity index (χ0n) is 24.6. The van der Waals surface area contributed by atoms with Crippen molar-refractivity contribution < 1.29 is 45.3 Å². The minimum absolute atomic E-state index is 0.